The van der Waals surface area contributed by atoms with Crippen molar-refractivity contribution in [3.63, 3.8) is 0 Å². The highest BCUT2D eigenvalue weighted by molar-refractivity contribution is 14.0. The van der Waals surface area contributed by atoms with Crippen LogP contribution in [0.5, 0.6) is 0 Å². The minimum Gasteiger partial charge on any atom is -0.387 e. The number of benzene rings is 1. The van der Waals surface area contributed by atoms with E-state index in [1.54, 1.807) is 0 Å². The zero-order chi connectivity index (χ0) is 22.1. The van der Waals surface area contributed by atoms with Crippen molar-refractivity contribution in [2.45, 2.75) is 45.4 Å². The average molecular weight is 559 g/mol. The Hall–Kier alpha value is -1.43. The van der Waals surface area contributed by atoms with Crippen LogP contribution >= 0.6 is 24.0 Å². The second-order valence-electron chi connectivity index (χ2n) is 8.63. The van der Waals surface area contributed by atoms with Gasteiger partial charge in [-0.2, -0.15) is 0 Å². The van der Waals surface area contributed by atoms with Gasteiger partial charge in [0.25, 0.3) is 0 Å². The van der Waals surface area contributed by atoms with E-state index in [0.29, 0.717) is 58.3 Å². The number of guanidine groups is 1. The monoisotopic (exact) mass is 559 g/mol. The number of aliphatic imine (C=N–C) groups is 1. The second-order valence-corrected chi connectivity index (χ2v) is 8.63. The normalized spacial score (nSPS) is 18.5. The van der Waals surface area contributed by atoms with Gasteiger partial charge in [0, 0.05) is 52.2 Å². The number of hydrogen-bond donors (Lipinski definition) is 3. The van der Waals surface area contributed by atoms with Crippen LogP contribution in [0.25, 0.3) is 0 Å². The topological polar surface area (TPSA) is 89.4 Å². The molecule has 1 atom stereocenters. The van der Waals surface area contributed by atoms with Gasteiger partial charge in [-0.05, 0) is 31.4 Å². The highest BCUT2D eigenvalue weighted by Crippen LogP contribution is 2.22. The van der Waals surface area contributed by atoms with Gasteiger partial charge in [0.1, 0.15) is 0 Å². The van der Waals surface area contributed by atoms with Gasteiger partial charge in [-0.15, -0.1) is 24.0 Å². The molecule has 1 aromatic carbocycles. The number of morpholine rings is 1. The number of ether oxygens (including phenoxy) is 1. The SMILES string of the molecule is CCNC(=NCC(C)(O)CN1CCOCC1)NCCCC(=O)N1Cc2ccccc2C1.I. The Bertz CT molecular complexity index is 728. The smallest absolute Gasteiger partial charge is 0.223 e. The molecule has 0 aliphatic carbocycles. The number of carbonyl (C=O) groups excluding carboxylic acids is 1. The summed E-state index contributed by atoms with van der Waals surface area (Å²) in [6.07, 6.45) is 1.25. The zero-order valence-corrected chi connectivity index (χ0v) is 21.6. The van der Waals surface area contributed by atoms with Gasteiger partial charge in [-0.25, -0.2) is 0 Å². The molecule has 9 heteroatoms. The van der Waals surface area contributed by atoms with Gasteiger partial charge in [0.05, 0.1) is 25.4 Å². The third-order valence-corrected chi connectivity index (χ3v) is 5.64. The summed E-state index contributed by atoms with van der Waals surface area (Å²) in [6.45, 7) is 10.7. The molecular weight excluding hydrogens is 521 g/mol. The molecule has 3 rings (SSSR count). The van der Waals surface area contributed by atoms with Crippen molar-refractivity contribution in [3.8, 4) is 0 Å². The van der Waals surface area contributed by atoms with Crippen LogP contribution in [0, 0.1) is 0 Å². The number of amides is 1. The van der Waals surface area contributed by atoms with Crippen LogP contribution in [0.15, 0.2) is 29.3 Å². The van der Waals surface area contributed by atoms with Gasteiger partial charge >= 0.3 is 0 Å². The summed E-state index contributed by atoms with van der Waals surface area (Å²) < 4.78 is 5.37. The molecule has 3 N–H and O–H groups in total. The van der Waals surface area contributed by atoms with E-state index in [1.165, 1.54) is 11.1 Å². The van der Waals surface area contributed by atoms with Gasteiger partial charge in [0.15, 0.2) is 5.96 Å². The van der Waals surface area contributed by atoms with E-state index in [9.17, 15) is 9.90 Å². The largest absolute Gasteiger partial charge is 0.387 e. The number of fused-ring (bicyclic) bond motifs is 1. The van der Waals surface area contributed by atoms with Crippen molar-refractivity contribution in [1.82, 2.24) is 20.4 Å². The summed E-state index contributed by atoms with van der Waals surface area (Å²) in [4.78, 5) is 21.2. The van der Waals surface area contributed by atoms with E-state index >= 15 is 0 Å². The third-order valence-electron chi connectivity index (χ3n) is 5.64. The molecule has 1 fully saturated rings. The summed E-state index contributed by atoms with van der Waals surface area (Å²) in [7, 11) is 0. The molecule has 2 aliphatic heterocycles. The Kier molecular flexibility index (Phi) is 11.2. The number of rotatable bonds is 9. The summed E-state index contributed by atoms with van der Waals surface area (Å²) in [6, 6.07) is 8.24. The maximum atomic E-state index is 12.5. The average Bonchev–Trinajstić information content (AvgIpc) is 3.20. The molecule has 32 heavy (non-hydrogen) atoms. The van der Waals surface area contributed by atoms with E-state index < -0.39 is 5.60 Å². The van der Waals surface area contributed by atoms with E-state index in [2.05, 4.69) is 32.7 Å². The molecule has 0 radical (unpaired) electrons. The van der Waals surface area contributed by atoms with Crippen LogP contribution in [-0.4, -0.2) is 84.9 Å². The van der Waals surface area contributed by atoms with E-state index in [1.807, 2.05) is 30.9 Å². The predicted octanol–water partition coefficient (Wildman–Crippen LogP) is 1.57. The molecule has 2 aliphatic rings. The van der Waals surface area contributed by atoms with E-state index in [0.717, 1.165) is 26.1 Å². The molecule has 1 saturated heterocycles. The minimum absolute atomic E-state index is 0. The number of β-amino-alcohol motifs (C(OH)–C–C–N with tert-alkyl or cyclic N) is 1. The van der Waals surface area contributed by atoms with Crippen LogP contribution in [0.2, 0.25) is 0 Å². The lowest BCUT2D eigenvalue weighted by atomic mass is 10.1. The van der Waals surface area contributed by atoms with Gasteiger partial charge in [0.2, 0.25) is 5.91 Å². The quantitative estimate of drug-likeness (QED) is 0.184. The highest BCUT2D eigenvalue weighted by atomic mass is 127. The first kappa shape index (κ1) is 26.8. The Morgan fingerprint density at radius 3 is 2.47 bits per heavy atom. The number of nitrogens with zero attached hydrogens (tertiary/aromatic N) is 3. The van der Waals surface area contributed by atoms with Crippen molar-refractivity contribution in [3.05, 3.63) is 35.4 Å². The molecule has 0 bridgehead atoms. The second kappa shape index (κ2) is 13.3. The fraction of sp³-hybridized carbons (Fsp3) is 0.652. The van der Waals surface area contributed by atoms with Gasteiger partial charge in [-0.1, -0.05) is 24.3 Å². The number of hydrogen-bond acceptors (Lipinski definition) is 5. The number of halogens is 1. The first-order valence-corrected chi connectivity index (χ1v) is 11.4. The lowest BCUT2D eigenvalue weighted by Gasteiger charge is -2.33. The van der Waals surface area contributed by atoms with Crippen LogP contribution < -0.4 is 10.6 Å². The lowest BCUT2D eigenvalue weighted by molar-refractivity contribution is -0.131. The van der Waals surface area contributed by atoms with E-state index in [-0.39, 0.29) is 29.9 Å². The first-order chi connectivity index (χ1) is 15.0. The number of carbonyl (C=O) groups is 1. The highest BCUT2D eigenvalue weighted by Gasteiger charge is 2.25. The van der Waals surface area contributed by atoms with Crippen molar-refractivity contribution in [2.24, 2.45) is 4.99 Å². The molecule has 1 amide bonds. The summed E-state index contributed by atoms with van der Waals surface area (Å²) in [5, 5.41) is 17.2. The van der Waals surface area contributed by atoms with Crippen molar-refractivity contribution >= 4 is 35.8 Å². The van der Waals surface area contributed by atoms with Crippen molar-refractivity contribution in [1.29, 1.82) is 0 Å². The standard InChI is InChI=1S/C23H37N5O3.HI/c1-3-24-22(26-17-23(2,30)18-27-11-13-31-14-12-27)25-10-6-9-21(29)28-15-19-7-4-5-8-20(19)16-28;/h4-5,7-8,30H,3,6,9-18H2,1-2H3,(H2,24,25,26);1H. The molecule has 2 heterocycles. The van der Waals surface area contributed by atoms with Gasteiger partial charge in [-0.3, -0.25) is 14.7 Å². The Labute approximate surface area is 208 Å². The summed E-state index contributed by atoms with van der Waals surface area (Å²) in [5.41, 5.74) is 1.60. The summed E-state index contributed by atoms with van der Waals surface area (Å²) >= 11 is 0. The Morgan fingerprint density at radius 2 is 1.84 bits per heavy atom. The summed E-state index contributed by atoms with van der Waals surface area (Å²) in [5.74, 6) is 0.860. The maximum Gasteiger partial charge on any atom is 0.223 e. The van der Waals surface area contributed by atoms with Crippen LogP contribution in [0.1, 0.15) is 37.8 Å². The molecule has 1 aromatic rings. The lowest BCUT2D eigenvalue weighted by Crippen LogP contribution is -2.48. The van der Waals surface area contributed by atoms with Crippen LogP contribution in [-0.2, 0) is 22.6 Å². The van der Waals surface area contributed by atoms with Crippen LogP contribution in [0.4, 0.5) is 0 Å². The molecule has 1 unspecified atom stereocenters. The van der Waals surface area contributed by atoms with Crippen molar-refractivity contribution < 1.29 is 14.6 Å². The maximum absolute atomic E-state index is 12.5. The predicted molar refractivity (Wildman–Crippen MR) is 137 cm³/mol. The molecule has 0 aromatic heterocycles. The third kappa shape index (κ3) is 8.49. The van der Waals surface area contributed by atoms with Crippen LogP contribution in [0.3, 0.4) is 0 Å². The molecular formula is C23H38IN5O3. The molecule has 0 spiro atoms. The Morgan fingerprint density at radius 1 is 1.19 bits per heavy atom. The Balaban J connectivity index is 0.00000363. The number of nitrogens with one attached hydrogen (secondary N) is 2. The number of aliphatic hydroxyl groups is 1. The minimum atomic E-state index is -0.902. The van der Waals surface area contributed by atoms with E-state index in [4.69, 9.17) is 4.74 Å². The molecule has 0 saturated carbocycles. The zero-order valence-electron chi connectivity index (χ0n) is 19.3. The molecule has 180 valence electrons. The fourth-order valence-corrected chi connectivity index (χ4v) is 4.00. The van der Waals surface area contributed by atoms with Crippen molar-refractivity contribution in [2.75, 3.05) is 52.5 Å². The first-order valence-electron chi connectivity index (χ1n) is 11.4. The molecule has 8 nitrogen and oxygen atoms in total. The van der Waals surface area contributed by atoms with Gasteiger partial charge < -0.3 is 25.4 Å². The fourth-order valence-electron chi connectivity index (χ4n) is 4.00.